The number of aliphatic imine (C=N–C) groups is 1. The predicted octanol–water partition coefficient (Wildman–Crippen LogP) is 4.54. The molecular weight excluding hydrogens is 446 g/mol. The maximum atomic E-state index is 4.66. The van der Waals surface area contributed by atoms with E-state index >= 15 is 0 Å². The molecule has 0 spiro atoms. The molecule has 0 N–H and O–H groups in total. The molecule has 0 amide bonds. The topological polar surface area (TPSA) is 12.4 Å². The van der Waals surface area contributed by atoms with E-state index in [2.05, 4.69) is 80.4 Å². The molecule has 2 aromatic rings. The molecule has 2 heteroatoms. The van der Waals surface area contributed by atoms with E-state index in [4.69, 9.17) is 0 Å². The molecule has 22 heavy (non-hydrogen) atoms. The summed E-state index contributed by atoms with van der Waals surface area (Å²) >= 11 is 0. The first-order valence-electron chi connectivity index (χ1n) is 7.50. The van der Waals surface area contributed by atoms with Gasteiger partial charge in [-0.05, 0) is 23.6 Å². The molecule has 1 heterocycles. The van der Waals surface area contributed by atoms with Crippen LogP contribution in [0.5, 0.6) is 0 Å². The molecule has 0 saturated carbocycles. The second-order valence-electron chi connectivity index (χ2n) is 6.46. The Hall–Kier alpha value is -1.50. The van der Waals surface area contributed by atoms with E-state index in [1.54, 1.807) is 0 Å². The van der Waals surface area contributed by atoms with Crippen molar-refractivity contribution in [2.75, 3.05) is 0 Å². The number of benzene rings is 2. The summed E-state index contributed by atoms with van der Waals surface area (Å²) in [5.41, 5.74) is 7.65. The predicted molar refractivity (Wildman–Crippen MR) is 88.0 cm³/mol. The Kier molecular flexibility index (Phi) is 3.71. The van der Waals surface area contributed by atoms with Crippen molar-refractivity contribution >= 4 is 5.71 Å². The average Bonchev–Trinajstić information content (AvgIpc) is 3.01. The molecule has 0 bridgehead atoms. The van der Waals surface area contributed by atoms with Gasteiger partial charge in [-0.15, -0.1) is 29.3 Å². The van der Waals surface area contributed by atoms with Gasteiger partial charge in [0.25, 0.3) is 0 Å². The van der Waals surface area contributed by atoms with Crippen LogP contribution in [0.25, 0.3) is 11.1 Å². The van der Waals surface area contributed by atoms with Crippen LogP contribution in [0.15, 0.2) is 53.5 Å². The minimum Gasteiger partial charge on any atom is -0.326 e. The third-order valence-electron chi connectivity index (χ3n) is 4.67. The summed E-state index contributed by atoms with van der Waals surface area (Å²) in [7, 11) is 0. The van der Waals surface area contributed by atoms with Gasteiger partial charge in [-0.1, -0.05) is 61.4 Å². The van der Waals surface area contributed by atoms with Gasteiger partial charge in [0, 0.05) is 20.1 Å². The normalized spacial score (nSPS) is 20.1. The molecule has 1 aliphatic carbocycles. The van der Waals surface area contributed by atoms with Crippen LogP contribution in [0.3, 0.4) is 0 Å². The van der Waals surface area contributed by atoms with Gasteiger partial charge in [0.1, 0.15) is 0 Å². The van der Waals surface area contributed by atoms with E-state index in [-0.39, 0.29) is 31.6 Å². The summed E-state index contributed by atoms with van der Waals surface area (Å²) in [4.78, 5) is 4.66. The van der Waals surface area contributed by atoms with Crippen molar-refractivity contribution in [1.29, 1.82) is 0 Å². The van der Waals surface area contributed by atoms with Gasteiger partial charge in [0.15, 0.2) is 0 Å². The summed E-state index contributed by atoms with van der Waals surface area (Å²) in [5, 5.41) is 0. The summed E-state index contributed by atoms with van der Waals surface area (Å²) in [6, 6.07) is 16.8. The van der Waals surface area contributed by atoms with Crippen LogP contribution in [0.2, 0.25) is 0 Å². The van der Waals surface area contributed by atoms with Crippen molar-refractivity contribution < 1.29 is 20.1 Å². The van der Waals surface area contributed by atoms with Crippen LogP contribution in [0.1, 0.15) is 37.5 Å². The van der Waals surface area contributed by atoms with Crippen molar-refractivity contribution in [3.05, 3.63) is 71.3 Å². The molecule has 0 aromatic heterocycles. The van der Waals surface area contributed by atoms with E-state index < -0.39 is 0 Å². The summed E-state index contributed by atoms with van der Waals surface area (Å²) in [6.45, 7) is 6.71. The van der Waals surface area contributed by atoms with Crippen molar-refractivity contribution in [3.63, 3.8) is 0 Å². The SMILES string of the molecule is CC1C=CC(c2[c-]cc3c(c2)C(C)(C)c2ccccc2-3)=N1.[Ir]. The Labute approximate surface area is 145 Å². The van der Waals surface area contributed by atoms with Crippen LogP contribution >= 0.6 is 0 Å². The summed E-state index contributed by atoms with van der Waals surface area (Å²) < 4.78 is 0. The molecule has 1 atom stereocenters. The van der Waals surface area contributed by atoms with Gasteiger partial charge in [0.05, 0.1) is 6.04 Å². The first-order valence-corrected chi connectivity index (χ1v) is 7.50. The standard InChI is InChI=1S/C20H18N.Ir/c1-13-8-11-19(21-13)14-9-10-16-15-6-4-5-7-17(15)20(2,3)18(16)12-14;/h4-8,10-13H,1-3H3;/q-1;. The fourth-order valence-corrected chi connectivity index (χ4v) is 3.48. The minimum absolute atomic E-state index is 0. The number of rotatable bonds is 1. The third kappa shape index (κ3) is 2.14. The summed E-state index contributed by atoms with van der Waals surface area (Å²) in [6.07, 6.45) is 4.24. The Bertz CT molecular complexity index is 799. The van der Waals surface area contributed by atoms with E-state index in [0.29, 0.717) is 0 Å². The first-order chi connectivity index (χ1) is 10.1. The van der Waals surface area contributed by atoms with Gasteiger partial charge < -0.3 is 4.99 Å². The van der Waals surface area contributed by atoms with Crippen LogP contribution < -0.4 is 0 Å². The molecule has 1 unspecified atom stereocenters. The number of hydrogen-bond acceptors (Lipinski definition) is 1. The van der Waals surface area contributed by atoms with E-state index in [1.165, 1.54) is 22.3 Å². The Morgan fingerprint density at radius 1 is 1.09 bits per heavy atom. The maximum absolute atomic E-state index is 4.66. The van der Waals surface area contributed by atoms with Gasteiger partial charge in [-0.25, -0.2) is 0 Å². The number of hydrogen-bond donors (Lipinski definition) is 0. The molecule has 4 rings (SSSR count). The molecular formula is C20H18IrN-. The fourth-order valence-electron chi connectivity index (χ4n) is 3.48. The van der Waals surface area contributed by atoms with Crippen LogP contribution in [0.4, 0.5) is 0 Å². The van der Waals surface area contributed by atoms with Gasteiger partial charge in [-0.2, -0.15) is 0 Å². The zero-order valence-corrected chi connectivity index (χ0v) is 15.4. The van der Waals surface area contributed by atoms with Crippen molar-refractivity contribution in [2.45, 2.75) is 32.2 Å². The summed E-state index contributed by atoms with van der Waals surface area (Å²) in [5.74, 6) is 0. The van der Waals surface area contributed by atoms with Crippen molar-refractivity contribution in [3.8, 4) is 11.1 Å². The van der Waals surface area contributed by atoms with Crippen LogP contribution in [-0.2, 0) is 25.5 Å². The van der Waals surface area contributed by atoms with E-state index in [1.807, 2.05) is 0 Å². The minimum atomic E-state index is 0. The molecule has 1 aliphatic heterocycles. The third-order valence-corrected chi connectivity index (χ3v) is 4.67. The molecule has 2 aromatic carbocycles. The van der Waals surface area contributed by atoms with E-state index in [0.717, 1.165) is 11.3 Å². The van der Waals surface area contributed by atoms with Crippen molar-refractivity contribution in [1.82, 2.24) is 0 Å². The molecule has 2 aliphatic rings. The Morgan fingerprint density at radius 3 is 2.59 bits per heavy atom. The number of allylic oxidation sites excluding steroid dienone is 1. The molecule has 113 valence electrons. The van der Waals surface area contributed by atoms with Crippen molar-refractivity contribution in [2.24, 2.45) is 4.99 Å². The second kappa shape index (κ2) is 5.30. The fraction of sp³-hybridized carbons (Fsp3) is 0.250. The van der Waals surface area contributed by atoms with Gasteiger partial charge in [-0.3, -0.25) is 0 Å². The van der Waals surface area contributed by atoms with Crippen LogP contribution in [-0.4, -0.2) is 11.8 Å². The Balaban J connectivity index is 0.00000144. The number of fused-ring (bicyclic) bond motifs is 3. The monoisotopic (exact) mass is 465 g/mol. The quantitative estimate of drug-likeness (QED) is 0.550. The van der Waals surface area contributed by atoms with Gasteiger partial charge in [0.2, 0.25) is 0 Å². The Morgan fingerprint density at radius 2 is 1.86 bits per heavy atom. The van der Waals surface area contributed by atoms with Gasteiger partial charge >= 0.3 is 0 Å². The van der Waals surface area contributed by atoms with Crippen LogP contribution in [0, 0.1) is 6.07 Å². The zero-order chi connectivity index (χ0) is 14.6. The van der Waals surface area contributed by atoms with E-state index in [9.17, 15) is 0 Å². The molecule has 1 radical (unpaired) electrons. The average molecular weight is 465 g/mol. The molecule has 1 nitrogen and oxygen atoms in total. The smallest absolute Gasteiger partial charge is 0.0548 e. The first kappa shape index (κ1) is 15.4. The molecule has 0 saturated heterocycles. The second-order valence-corrected chi connectivity index (χ2v) is 6.46. The zero-order valence-electron chi connectivity index (χ0n) is 13.0. The maximum Gasteiger partial charge on any atom is 0.0548 e. The largest absolute Gasteiger partial charge is 0.326 e. The molecule has 0 fully saturated rings. The number of nitrogens with zero attached hydrogens (tertiary/aromatic N) is 1.